The Labute approximate surface area is 318 Å². The molecule has 1 aliphatic rings. The van der Waals surface area contributed by atoms with Gasteiger partial charge >= 0.3 is 0 Å². The number of carbonyl (C=O) groups is 1. The first-order valence-corrected chi connectivity index (χ1v) is 19.7. The van der Waals surface area contributed by atoms with Gasteiger partial charge in [-0.25, -0.2) is 8.42 Å². The first-order valence-electron chi connectivity index (χ1n) is 18.2. The molecule has 1 aliphatic heterocycles. The van der Waals surface area contributed by atoms with Gasteiger partial charge in [0, 0.05) is 49.9 Å². The van der Waals surface area contributed by atoms with Crippen molar-refractivity contribution in [2.45, 2.75) is 68.8 Å². The molecule has 1 saturated heterocycles. The second kappa shape index (κ2) is 18.5. The number of hydrogen-bond donors (Lipinski definition) is 3. The van der Waals surface area contributed by atoms with Crippen LogP contribution in [0.15, 0.2) is 132 Å². The first-order chi connectivity index (χ1) is 26.1. The molecule has 2 heterocycles. The second-order valence-corrected chi connectivity index (χ2v) is 15.5. The van der Waals surface area contributed by atoms with Crippen molar-refractivity contribution in [3.63, 3.8) is 0 Å². The number of aliphatic hydroxyl groups excluding tert-OH is 1. The SMILES string of the molecule is Cc1ccc(S(=O)(=O)N[C@H](Cc2ccccc2)C(=O)NCc2ccc([C@@H]3O[C@H](CN(C)CCc4ccccn4)C[C@H](c4ccc(CO)cc4)O3)cc2)cc1. The second-order valence-electron chi connectivity index (χ2n) is 13.8. The van der Waals surface area contributed by atoms with Crippen LogP contribution in [0.4, 0.5) is 0 Å². The molecule has 0 saturated carbocycles. The molecule has 0 spiro atoms. The number of aliphatic hydroxyl groups is 1. The number of hydrogen-bond acceptors (Lipinski definition) is 8. The van der Waals surface area contributed by atoms with Gasteiger partial charge in [0.15, 0.2) is 6.29 Å². The summed E-state index contributed by atoms with van der Waals surface area (Å²) in [5, 5.41) is 12.5. The van der Waals surface area contributed by atoms with Crippen LogP contribution in [0.1, 0.15) is 57.9 Å². The van der Waals surface area contributed by atoms with E-state index in [-0.39, 0.29) is 36.7 Å². The normalized spacial score (nSPS) is 18.0. The van der Waals surface area contributed by atoms with Crippen LogP contribution >= 0.6 is 0 Å². The molecule has 4 atom stereocenters. The highest BCUT2D eigenvalue weighted by atomic mass is 32.2. The number of nitrogens with one attached hydrogen (secondary N) is 2. The summed E-state index contributed by atoms with van der Waals surface area (Å²) in [5.41, 5.74) is 6.36. The molecule has 5 aromatic rings. The van der Waals surface area contributed by atoms with Crippen LogP contribution in [0, 0.1) is 6.92 Å². The zero-order chi connectivity index (χ0) is 37.9. The van der Waals surface area contributed by atoms with E-state index < -0.39 is 28.3 Å². The van der Waals surface area contributed by atoms with Crippen molar-refractivity contribution in [1.82, 2.24) is 19.9 Å². The fourth-order valence-corrected chi connectivity index (χ4v) is 7.63. The smallest absolute Gasteiger partial charge is 0.241 e. The van der Waals surface area contributed by atoms with Gasteiger partial charge in [0.1, 0.15) is 6.04 Å². The Morgan fingerprint density at radius 1 is 0.852 bits per heavy atom. The quantitative estimate of drug-likeness (QED) is 0.115. The maximum Gasteiger partial charge on any atom is 0.241 e. The van der Waals surface area contributed by atoms with E-state index in [2.05, 4.69) is 27.0 Å². The Morgan fingerprint density at radius 3 is 2.22 bits per heavy atom. The zero-order valence-corrected chi connectivity index (χ0v) is 31.5. The van der Waals surface area contributed by atoms with Crippen molar-refractivity contribution in [2.24, 2.45) is 0 Å². The molecule has 0 aliphatic carbocycles. The maximum atomic E-state index is 13.6. The molecule has 282 valence electrons. The summed E-state index contributed by atoms with van der Waals surface area (Å²) in [7, 11) is -1.87. The number of amides is 1. The number of sulfonamides is 1. The summed E-state index contributed by atoms with van der Waals surface area (Å²) in [6.45, 7) is 3.60. The van der Waals surface area contributed by atoms with Gasteiger partial charge in [-0.05, 0) is 66.9 Å². The van der Waals surface area contributed by atoms with Crippen LogP contribution < -0.4 is 10.0 Å². The summed E-state index contributed by atoms with van der Waals surface area (Å²) in [6, 6.07) is 36.3. The third-order valence-electron chi connectivity index (χ3n) is 9.55. The maximum absolute atomic E-state index is 13.6. The Kier molecular flexibility index (Phi) is 13.4. The molecule has 10 nitrogen and oxygen atoms in total. The fraction of sp³-hybridized carbons (Fsp3) is 0.302. The third-order valence-corrected chi connectivity index (χ3v) is 11.0. The highest BCUT2D eigenvalue weighted by molar-refractivity contribution is 7.89. The predicted octanol–water partition coefficient (Wildman–Crippen LogP) is 5.81. The first kappa shape index (κ1) is 39.0. The van der Waals surface area contributed by atoms with Gasteiger partial charge in [0.05, 0.1) is 23.7 Å². The van der Waals surface area contributed by atoms with E-state index in [1.54, 1.807) is 12.1 Å². The van der Waals surface area contributed by atoms with Crippen molar-refractivity contribution in [3.8, 4) is 0 Å². The molecule has 1 fully saturated rings. The molecule has 11 heteroatoms. The number of aromatic nitrogens is 1. The average molecular weight is 749 g/mol. The number of pyridine rings is 1. The molecule has 0 radical (unpaired) electrons. The minimum Gasteiger partial charge on any atom is -0.392 e. The van der Waals surface area contributed by atoms with Crippen LogP contribution in [0.25, 0.3) is 0 Å². The Bertz CT molecular complexity index is 2030. The van der Waals surface area contributed by atoms with Crippen molar-refractivity contribution in [2.75, 3.05) is 20.1 Å². The van der Waals surface area contributed by atoms with Crippen LogP contribution in [0.2, 0.25) is 0 Å². The molecule has 1 aromatic heterocycles. The van der Waals surface area contributed by atoms with Crippen LogP contribution in [0.5, 0.6) is 0 Å². The predicted molar refractivity (Wildman–Crippen MR) is 208 cm³/mol. The number of ether oxygens (including phenoxy) is 2. The molecule has 4 aromatic carbocycles. The van der Waals surface area contributed by atoms with Gasteiger partial charge in [0.2, 0.25) is 15.9 Å². The summed E-state index contributed by atoms with van der Waals surface area (Å²) >= 11 is 0. The molecular formula is C43H48N4O6S. The van der Waals surface area contributed by atoms with Gasteiger partial charge in [-0.3, -0.25) is 9.78 Å². The number of likely N-dealkylation sites (N-methyl/N-ethyl adjacent to an activating group) is 1. The van der Waals surface area contributed by atoms with Crippen molar-refractivity contribution in [3.05, 3.63) is 167 Å². The van der Waals surface area contributed by atoms with E-state index in [4.69, 9.17) is 9.47 Å². The van der Waals surface area contributed by atoms with Gasteiger partial charge in [-0.15, -0.1) is 0 Å². The third kappa shape index (κ3) is 10.9. The Balaban J connectivity index is 1.12. The lowest BCUT2D eigenvalue weighted by Crippen LogP contribution is -2.47. The summed E-state index contributed by atoms with van der Waals surface area (Å²) < 4.78 is 42.3. The summed E-state index contributed by atoms with van der Waals surface area (Å²) in [4.78, 5) is 20.4. The standard InChI is InChI=1S/C43H48N4O6S/c1-31-11-21-39(22-12-31)54(50,51)46-40(26-32-8-4-3-5-9-32)42(49)45-28-33-13-19-36(20-14-33)43-52-38(29-47(2)25-23-37-10-6-7-24-44-37)27-41(53-43)35-17-15-34(30-48)16-18-35/h3-22,24,38,40-41,43,46,48H,23,25-30H2,1-2H3,(H,45,49)/t38-,40+,41+,43+/m0/s1. The fourth-order valence-electron chi connectivity index (χ4n) is 6.44. The molecule has 0 unspecified atom stereocenters. The van der Waals surface area contributed by atoms with Crippen LogP contribution in [0.3, 0.4) is 0 Å². The van der Waals surface area contributed by atoms with E-state index in [0.717, 1.165) is 52.0 Å². The van der Waals surface area contributed by atoms with Crippen molar-refractivity contribution >= 4 is 15.9 Å². The lowest BCUT2D eigenvalue weighted by Gasteiger charge is -2.38. The van der Waals surface area contributed by atoms with Gasteiger partial charge in [0.25, 0.3) is 0 Å². The van der Waals surface area contributed by atoms with E-state index in [1.165, 1.54) is 12.1 Å². The molecule has 0 bridgehead atoms. The highest BCUT2D eigenvalue weighted by Crippen LogP contribution is 2.38. The highest BCUT2D eigenvalue weighted by Gasteiger charge is 2.33. The van der Waals surface area contributed by atoms with Crippen molar-refractivity contribution in [1.29, 1.82) is 0 Å². The lowest BCUT2D eigenvalue weighted by molar-refractivity contribution is -0.252. The zero-order valence-electron chi connectivity index (χ0n) is 30.7. The van der Waals surface area contributed by atoms with Gasteiger partial charge in [-0.1, -0.05) is 103 Å². The Morgan fingerprint density at radius 2 is 1.54 bits per heavy atom. The van der Waals surface area contributed by atoms with E-state index in [0.29, 0.717) is 13.0 Å². The lowest BCUT2D eigenvalue weighted by atomic mass is 9.99. The summed E-state index contributed by atoms with van der Waals surface area (Å²) in [6.07, 6.45) is 2.57. The van der Waals surface area contributed by atoms with E-state index in [1.807, 2.05) is 110 Å². The number of nitrogens with zero attached hydrogens (tertiary/aromatic N) is 2. The van der Waals surface area contributed by atoms with Crippen molar-refractivity contribution < 1.29 is 27.8 Å². The number of benzene rings is 4. The average Bonchev–Trinajstić information content (AvgIpc) is 3.20. The van der Waals surface area contributed by atoms with E-state index in [9.17, 15) is 18.3 Å². The number of carbonyl (C=O) groups excluding carboxylic acids is 1. The van der Waals surface area contributed by atoms with Crippen LogP contribution in [-0.2, 0) is 50.3 Å². The molecule has 6 rings (SSSR count). The Hall–Kier alpha value is -4.75. The minimum absolute atomic E-state index is 0.0231. The summed E-state index contributed by atoms with van der Waals surface area (Å²) in [5.74, 6) is -0.428. The minimum atomic E-state index is -3.95. The molecule has 3 N–H and O–H groups in total. The molecular weight excluding hydrogens is 701 g/mol. The number of rotatable bonds is 16. The molecule has 1 amide bonds. The van der Waals surface area contributed by atoms with Gasteiger partial charge in [-0.2, -0.15) is 4.72 Å². The molecule has 54 heavy (non-hydrogen) atoms. The topological polar surface area (TPSA) is 130 Å². The van der Waals surface area contributed by atoms with E-state index >= 15 is 0 Å². The van der Waals surface area contributed by atoms with Crippen LogP contribution in [-0.4, -0.2) is 61.6 Å². The monoisotopic (exact) mass is 748 g/mol. The largest absolute Gasteiger partial charge is 0.392 e. The van der Waals surface area contributed by atoms with Gasteiger partial charge < -0.3 is 24.8 Å². The number of aryl methyl sites for hydroxylation is 1.